The monoisotopic (exact) mass is 695 g/mol. The number of nitrogens with one attached hydrogen (secondary N) is 5. The molecular weight excluding hydrogens is 650 g/mol. The van der Waals surface area contributed by atoms with Crippen molar-refractivity contribution in [1.82, 2.24) is 30.5 Å². The number of hydrogen-bond acceptors (Lipinski definition) is 9. The van der Waals surface area contributed by atoms with Gasteiger partial charge in [0.05, 0.1) is 18.7 Å². The Labute approximate surface area is 296 Å². The Hall–Kier alpha value is -5.34. The lowest BCUT2D eigenvalue weighted by atomic mass is 10.0. The number of carbonyl (C=O) groups excluding carboxylic acids is 1. The van der Waals surface area contributed by atoms with Crippen LogP contribution in [0.3, 0.4) is 0 Å². The molecule has 0 aliphatic rings. The van der Waals surface area contributed by atoms with E-state index in [9.17, 15) is 19.5 Å². The zero-order chi connectivity index (χ0) is 36.0. The maximum absolute atomic E-state index is 13.3. The summed E-state index contributed by atoms with van der Waals surface area (Å²) in [5.74, 6) is -1.11. The minimum atomic E-state index is -1.11. The molecular formula is C38H45N7O6. The number of carbonyl (C=O) groups is 2. The van der Waals surface area contributed by atoms with Crippen molar-refractivity contribution < 1.29 is 24.2 Å². The molecule has 0 saturated heterocycles. The van der Waals surface area contributed by atoms with Crippen molar-refractivity contribution in [3.63, 3.8) is 0 Å². The summed E-state index contributed by atoms with van der Waals surface area (Å²) in [4.78, 5) is 45.5. The summed E-state index contributed by atoms with van der Waals surface area (Å²) in [6.45, 7) is 4.16. The Balaban J connectivity index is 1.10. The lowest BCUT2D eigenvalue weighted by molar-refractivity contribution is -0.139. The molecule has 0 saturated carbocycles. The van der Waals surface area contributed by atoms with Crippen LogP contribution in [0.1, 0.15) is 33.5 Å². The molecule has 0 fully saturated rings. The van der Waals surface area contributed by atoms with E-state index in [4.69, 9.17) is 9.47 Å². The van der Waals surface area contributed by atoms with E-state index in [0.29, 0.717) is 43.2 Å². The highest BCUT2D eigenvalue weighted by molar-refractivity contribution is 5.97. The van der Waals surface area contributed by atoms with Crippen molar-refractivity contribution in [1.29, 1.82) is 0 Å². The van der Waals surface area contributed by atoms with E-state index in [1.807, 2.05) is 36.4 Å². The summed E-state index contributed by atoms with van der Waals surface area (Å²) in [5.41, 5.74) is 5.33. The van der Waals surface area contributed by atoms with E-state index in [0.717, 1.165) is 41.8 Å². The fraction of sp³-hybridized carbons (Fsp3) is 0.316. The zero-order valence-corrected chi connectivity index (χ0v) is 28.9. The number of ether oxygens (including phenoxy) is 2. The van der Waals surface area contributed by atoms with Gasteiger partial charge in [-0.25, -0.2) is 4.98 Å². The number of fused-ring (bicyclic) bond motifs is 1. The first-order valence-corrected chi connectivity index (χ1v) is 16.9. The lowest BCUT2D eigenvalue weighted by Crippen LogP contribution is -2.46. The first-order chi connectivity index (χ1) is 24.8. The van der Waals surface area contributed by atoms with Gasteiger partial charge >= 0.3 is 5.97 Å². The van der Waals surface area contributed by atoms with E-state index in [2.05, 4.69) is 55.5 Å². The Morgan fingerprint density at radius 1 is 0.922 bits per heavy atom. The molecule has 0 spiro atoms. The molecule has 2 aromatic heterocycles. The largest absolute Gasteiger partial charge is 0.480 e. The molecule has 1 atom stereocenters. The van der Waals surface area contributed by atoms with E-state index < -0.39 is 23.3 Å². The van der Waals surface area contributed by atoms with Gasteiger partial charge in [-0.2, -0.15) is 0 Å². The van der Waals surface area contributed by atoms with Crippen LogP contribution in [0.5, 0.6) is 0 Å². The number of anilines is 1. The summed E-state index contributed by atoms with van der Waals surface area (Å²) < 4.78 is 12.2. The molecule has 13 nitrogen and oxygen atoms in total. The number of aliphatic carboxylic acids is 1. The third-order valence-corrected chi connectivity index (χ3v) is 8.42. The second kappa shape index (κ2) is 18.6. The van der Waals surface area contributed by atoms with Crippen LogP contribution in [-0.2, 0) is 41.0 Å². The highest BCUT2D eigenvalue weighted by atomic mass is 16.5. The molecule has 0 bridgehead atoms. The first kappa shape index (κ1) is 36.9. The molecule has 5 rings (SSSR count). The minimum Gasteiger partial charge on any atom is -0.480 e. The second-order valence-electron chi connectivity index (χ2n) is 12.1. The maximum Gasteiger partial charge on any atom is 0.322 e. The van der Waals surface area contributed by atoms with Gasteiger partial charge in [0.15, 0.2) is 5.95 Å². The number of methoxy groups -OCH3 is 1. The van der Waals surface area contributed by atoms with Crippen LogP contribution in [0.15, 0.2) is 90.1 Å². The smallest absolute Gasteiger partial charge is 0.322 e. The minimum absolute atomic E-state index is 0.0602. The summed E-state index contributed by atoms with van der Waals surface area (Å²) in [6.07, 6.45) is 5.78. The Bertz CT molecular complexity index is 1930. The van der Waals surface area contributed by atoms with Crippen molar-refractivity contribution in [2.75, 3.05) is 45.3 Å². The fourth-order valence-corrected chi connectivity index (χ4v) is 5.53. The summed E-state index contributed by atoms with van der Waals surface area (Å²) in [5, 5.41) is 22.5. The standard InChI is InChI=1S/C38H45N7O6/c1-45-25-32(35(46)31-13-8-28(20-34(31)45)23-44-38-40-15-16-41-38)36(47)43-24-33(37(48)49)42-22-27-6-11-30(12-7-27)29-9-4-26(5-10-29)21-39-14-3-17-51-19-18-50-2/h4-13,15-16,20,25,33,39,42H,3,14,17-19,21-24H2,1-2H3,(H,43,47)(H,48,49)(H2,40,41,44). The van der Waals surface area contributed by atoms with Gasteiger partial charge in [0, 0.05) is 70.9 Å². The molecule has 1 amide bonds. The van der Waals surface area contributed by atoms with E-state index in [-0.39, 0.29) is 18.7 Å². The Morgan fingerprint density at radius 3 is 2.29 bits per heavy atom. The number of carboxylic acids is 1. The van der Waals surface area contributed by atoms with Gasteiger partial charge < -0.3 is 40.1 Å². The first-order valence-electron chi connectivity index (χ1n) is 16.9. The van der Waals surface area contributed by atoms with Gasteiger partial charge in [0.2, 0.25) is 5.43 Å². The number of amides is 1. The molecule has 51 heavy (non-hydrogen) atoms. The number of carboxylic acid groups (broad SMARTS) is 1. The van der Waals surface area contributed by atoms with E-state index >= 15 is 0 Å². The number of rotatable bonds is 20. The van der Waals surface area contributed by atoms with Crippen LogP contribution in [0, 0.1) is 0 Å². The number of aryl methyl sites for hydroxylation is 1. The van der Waals surface area contributed by atoms with Crippen molar-refractivity contribution >= 4 is 28.7 Å². The normalized spacial score (nSPS) is 11.8. The number of aromatic nitrogens is 3. The van der Waals surface area contributed by atoms with Gasteiger partial charge in [0.25, 0.3) is 5.91 Å². The molecule has 0 aliphatic carbocycles. The summed E-state index contributed by atoms with van der Waals surface area (Å²) in [6, 6.07) is 20.6. The van der Waals surface area contributed by atoms with E-state index in [1.165, 1.54) is 11.8 Å². The summed E-state index contributed by atoms with van der Waals surface area (Å²) in [7, 11) is 3.42. The quantitative estimate of drug-likeness (QED) is 0.0661. The third kappa shape index (κ3) is 10.6. The Kier molecular flexibility index (Phi) is 13.5. The number of benzene rings is 3. The highest BCUT2D eigenvalue weighted by Gasteiger charge is 2.20. The molecule has 1 unspecified atom stereocenters. The highest BCUT2D eigenvalue weighted by Crippen LogP contribution is 2.21. The number of nitrogens with zero attached hydrogens (tertiary/aromatic N) is 2. The molecule has 0 aliphatic heterocycles. The topological polar surface area (TPSA) is 172 Å². The molecule has 13 heteroatoms. The SMILES string of the molecule is COCCOCCCNCc1ccc(-c2ccc(CNC(CNC(=O)c3cn(C)c4cc(CNc5ncc[nH]5)ccc4c3=O)C(=O)O)cc2)cc1. The number of H-pyrrole nitrogens is 1. The number of pyridine rings is 1. The van der Waals surface area contributed by atoms with Crippen LogP contribution >= 0.6 is 0 Å². The van der Waals surface area contributed by atoms with Gasteiger partial charge in [-0.3, -0.25) is 19.7 Å². The third-order valence-electron chi connectivity index (χ3n) is 8.42. The zero-order valence-electron chi connectivity index (χ0n) is 28.9. The molecule has 2 heterocycles. The molecule has 6 N–H and O–H groups in total. The number of imidazole rings is 1. The molecule has 3 aromatic carbocycles. The van der Waals surface area contributed by atoms with Gasteiger partial charge in [-0.1, -0.05) is 54.6 Å². The van der Waals surface area contributed by atoms with Crippen molar-refractivity contribution in [2.45, 2.75) is 32.1 Å². The predicted molar refractivity (Wildman–Crippen MR) is 197 cm³/mol. The van der Waals surface area contributed by atoms with Crippen molar-refractivity contribution in [2.24, 2.45) is 7.05 Å². The molecule has 5 aromatic rings. The molecule has 0 radical (unpaired) electrons. The van der Waals surface area contributed by atoms with Crippen LogP contribution in [0.2, 0.25) is 0 Å². The maximum atomic E-state index is 13.3. The van der Waals surface area contributed by atoms with Crippen LogP contribution in [-0.4, -0.2) is 77.6 Å². The van der Waals surface area contributed by atoms with Crippen LogP contribution < -0.4 is 26.7 Å². The van der Waals surface area contributed by atoms with Crippen LogP contribution in [0.4, 0.5) is 5.95 Å². The second-order valence-corrected chi connectivity index (χ2v) is 12.1. The fourth-order valence-electron chi connectivity index (χ4n) is 5.53. The van der Waals surface area contributed by atoms with Crippen molar-refractivity contribution in [3.8, 4) is 11.1 Å². The summed E-state index contributed by atoms with van der Waals surface area (Å²) >= 11 is 0. The van der Waals surface area contributed by atoms with Crippen molar-refractivity contribution in [3.05, 3.63) is 118 Å². The van der Waals surface area contributed by atoms with Gasteiger partial charge in [-0.05, 0) is 52.9 Å². The number of hydrogen-bond donors (Lipinski definition) is 6. The molecule has 268 valence electrons. The van der Waals surface area contributed by atoms with Gasteiger partial charge in [-0.15, -0.1) is 0 Å². The number of aromatic amines is 1. The predicted octanol–water partition coefficient (Wildman–Crippen LogP) is 3.66. The Morgan fingerprint density at radius 2 is 1.63 bits per heavy atom. The van der Waals surface area contributed by atoms with Gasteiger partial charge in [0.1, 0.15) is 11.6 Å². The lowest BCUT2D eigenvalue weighted by Gasteiger charge is -2.16. The average Bonchev–Trinajstić information content (AvgIpc) is 3.67. The van der Waals surface area contributed by atoms with Crippen LogP contribution in [0.25, 0.3) is 22.0 Å². The average molecular weight is 696 g/mol. The van der Waals surface area contributed by atoms with E-state index in [1.54, 1.807) is 37.2 Å².